The molecule has 1 saturated heterocycles. The van der Waals surface area contributed by atoms with Crippen molar-refractivity contribution in [1.82, 2.24) is 15.1 Å². The van der Waals surface area contributed by atoms with Crippen LogP contribution in [0.4, 0.5) is 5.69 Å². The summed E-state index contributed by atoms with van der Waals surface area (Å²) in [7, 11) is 0. The zero-order valence-electron chi connectivity index (χ0n) is 14.9. The largest absolute Gasteiger partial charge is 0.374 e. The Morgan fingerprint density at radius 3 is 3.04 bits per heavy atom. The lowest BCUT2D eigenvalue weighted by atomic mass is 10.1. The second kappa shape index (κ2) is 8.27. The zero-order chi connectivity index (χ0) is 17.6. The molecule has 1 fully saturated rings. The highest BCUT2D eigenvalue weighted by Crippen LogP contribution is 2.23. The molecule has 1 atom stereocenters. The van der Waals surface area contributed by atoms with E-state index in [0.717, 1.165) is 56.0 Å². The molecule has 0 bridgehead atoms. The number of rotatable bonds is 6. The molecule has 2 N–H and O–H groups in total. The smallest absolute Gasteiger partial charge is 0.221 e. The van der Waals surface area contributed by atoms with E-state index in [1.54, 1.807) is 0 Å². The van der Waals surface area contributed by atoms with Crippen LogP contribution in [0.2, 0.25) is 0 Å². The normalized spacial score (nSPS) is 17.4. The molecular weight excluding hydrogens is 316 g/mol. The molecule has 1 aliphatic rings. The zero-order valence-corrected chi connectivity index (χ0v) is 14.9. The Hall–Kier alpha value is -2.18. The van der Waals surface area contributed by atoms with Gasteiger partial charge in [0.05, 0.1) is 24.9 Å². The lowest BCUT2D eigenvalue weighted by Gasteiger charge is -2.24. The highest BCUT2D eigenvalue weighted by atomic mass is 16.5. The van der Waals surface area contributed by atoms with E-state index in [1.165, 1.54) is 12.6 Å². The number of aryl methyl sites for hydroxylation is 1. The maximum atomic E-state index is 11.3. The Bertz CT molecular complexity index is 720. The summed E-state index contributed by atoms with van der Waals surface area (Å²) in [5.41, 5.74) is 3.94. The van der Waals surface area contributed by atoms with Gasteiger partial charge in [-0.3, -0.25) is 9.48 Å². The van der Waals surface area contributed by atoms with Crippen molar-refractivity contribution in [3.63, 3.8) is 0 Å². The molecular formula is C19H26N4O2. The van der Waals surface area contributed by atoms with E-state index in [-0.39, 0.29) is 12.0 Å². The fourth-order valence-corrected chi connectivity index (χ4v) is 3.10. The highest BCUT2D eigenvalue weighted by Gasteiger charge is 2.17. The average Bonchev–Trinajstić information content (AvgIpc) is 2.99. The van der Waals surface area contributed by atoms with Crippen LogP contribution in [-0.4, -0.2) is 41.5 Å². The minimum atomic E-state index is -0.0729. The van der Waals surface area contributed by atoms with E-state index in [4.69, 9.17) is 9.84 Å². The second-order valence-corrected chi connectivity index (χ2v) is 6.41. The summed E-state index contributed by atoms with van der Waals surface area (Å²) in [6.07, 6.45) is 2.21. The van der Waals surface area contributed by atoms with Crippen molar-refractivity contribution in [3.05, 3.63) is 36.0 Å². The molecule has 0 aliphatic carbocycles. The van der Waals surface area contributed by atoms with Crippen molar-refractivity contribution >= 4 is 11.6 Å². The van der Waals surface area contributed by atoms with Crippen molar-refractivity contribution < 1.29 is 9.53 Å². The predicted molar refractivity (Wildman–Crippen MR) is 98.6 cm³/mol. The van der Waals surface area contributed by atoms with Crippen molar-refractivity contribution in [2.45, 2.75) is 39.3 Å². The Balaban J connectivity index is 1.83. The lowest BCUT2D eigenvalue weighted by molar-refractivity contribution is -0.114. The third-order valence-electron chi connectivity index (χ3n) is 4.23. The first-order chi connectivity index (χ1) is 12.2. The Morgan fingerprint density at radius 1 is 1.44 bits per heavy atom. The molecule has 1 aliphatic heterocycles. The topological polar surface area (TPSA) is 68.2 Å². The number of nitrogens with zero attached hydrogens (tertiary/aromatic N) is 2. The first-order valence-corrected chi connectivity index (χ1v) is 8.92. The number of carbonyl (C=O) groups excluding carboxylic acids is 1. The quantitative estimate of drug-likeness (QED) is 0.846. The molecule has 0 radical (unpaired) electrons. The highest BCUT2D eigenvalue weighted by molar-refractivity contribution is 5.89. The summed E-state index contributed by atoms with van der Waals surface area (Å²) in [4.78, 5) is 11.3. The monoisotopic (exact) mass is 342 g/mol. The molecule has 0 spiro atoms. The molecule has 25 heavy (non-hydrogen) atoms. The number of amides is 1. The molecule has 6 heteroatoms. The summed E-state index contributed by atoms with van der Waals surface area (Å²) < 4.78 is 7.89. The summed E-state index contributed by atoms with van der Waals surface area (Å²) in [5.74, 6) is -0.0729. The Morgan fingerprint density at radius 2 is 2.32 bits per heavy atom. The van der Waals surface area contributed by atoms with E-state index in [9.17, 15) is 4.79 Å². The minimum Gasteiger partial charge on any atom is -0.374 e. The van der Waals surface area contributed by atoms with Gasteiger partial charge in [0.25, 0.3) is 0 Å². The minimum absolute atomic E-state index is 0.0729. The van der Waals surface area contributed by atoms with Gasteiger partial charge in [-0.05, 0) is 24.6 Å². The molecule has 1 amide bonds. The van der Waals surface area contributed by atoms with Gasteiger partial charge in [0.2, 0.25) is 5.91 Å². The first-order valence-electron chi connectivity index (χ1n) is 8.92. The van der Waals surface area contributed by atoms with Crippen LogP contribution in [0, 0.1) is 0 Å². The number of anilines is 1. The van der Waals surface area contributed by atoms with Crippen LogP contribution < -0.4 is 10.6 Å². The van der Waals surface area contributed by atoms with Crippen molar-refractivity contribution in [2.75, 3.05) is 25.0 Å². The fraction of sp³-hybridized carbons (Fsp3) is 0.474. The van der Waals surface area contributed by atoms with Gasteiger partial charge in [0.1, 0.15) is 0 Å². The van der Waals surface area contributed by atoms with Gasteiger partial charge in [0, 0.05) is 37.0 Å². The Labute approximate surface area is 148 Å². The maximum absolute atomic E-state index is 11.3. The summed E-state index contributed by atoms with van der Waals surface area (Å²) in [6.45, 7) is 6.97. The van der Waals surface area contributed by atoms with Gasteiger partial charge >= 0.3 is 0 Å². The molecule has 3 rings (SSSR count). The number of ether oxygens (including phenoxy) is 1. The number of morpholine rings is 1. The average molecular weight is 342 g/mol. The summed E-state index contributed by atoms with van der Waals surface area (Å²) in [6, 6.07) is 9.95. The summed E-state index contributed by atoms with van der Waals surface area (Å²) in [5, 5.41) is 11.0. The van der Waals surface area contributed by atoms with Gasteiger partial charge in [-0.15, -0.1) is 0 Å². The van der Waals surface area contributed by atoms with E-state index < -0.39 is 0 Å². The Kier molecular flexibility index (Phi) is 5.83. The van der Waals surface area contributed by atoms with Crippen molar-refractivity contribution in [1.29, 1.82) is 0 Å². The molecule has 1 aromatic carbocycles. The second-order valence-electron chi connectivity index (χ2n) is 6.41. The van der Waals surface area contributed by atoms with Crippen molar-refractivity contribution in [3.8, 4) is 11.3 Å². The van der Waals surface area contributed by atoms with Gasteiger partial charge in [-0.1, -0.05) is 25.5 Å². The third-order valence-corrected chi connectivity index (χ3v) is 4.23. The standard InChI is InChI=1S/C19H26N4O2/c1-3-5-17-11-19(15-6-4-7-16(10-15)21-14(2)24)22-23(17)13-18-12-20-8-9-25-18/h4,6-7,10-11,18,20H,3,5,8-9,12-13H2,1-2H3,(H,21,24). The number of hydrogen-bond acceptors (Lipinski definition) is 4. The van der Waals surface area contributed by atoms with Gasteiger partial charge < -0.3 is 15.4 Å². The van der Waals surface area contributed by atoms with Crippen LogP contribution in [-0.2, 0) is 22.5 Å². The van der Waals surface area contributed by atoms with E-state index in [2.05, 4.69) is 28.3 Å². The summed E-state index contributed by atoms with van der Waals surface area (Å²) >= 11 is 0. The molecule has 6 nitrogen and oxygen atoms in total. The molecule has 1 aromatic heterocycles. The van der Waals surface area contributed by atoms with Crippen LogP contribution >= 0.6 is 0 Å². The molecule has 0 saturated carbocycles. The SMILES string of the molecule is CCCc1cc(-c2cccc(NC(C)=O)c2)nn1CC1CNCCO1. The van der Waals surface area contributed by atoms with Crippen LogP contribution in [0.5, 0.6) is 0 Å². The van der Waals surface area contributed by atoms with Crippen LogP contribution in [0.15, 0.2) is 30.3 Å². The van der Waals surface area contributed by atoms with Crippen LogP contribution in [0.1, 0.15) is 26.0 Å². The molecule has 134 valence electrons. The number of benzene rings is 1. The van der Waals surface area contributed by atoms with Gasteiger partial charge in [-0.2, -0.15) is 5.10 Å². The number of aromatic nitrogens is 2. The third kappa shape index (κ3) is 4.67. The predicted octanol–water partition coefficient (Wildman–Crippen LogP) is 2.45. The van der Waals surface area contributed by atoms with E-state index >= 15 is 0 Å². The number of carbonyl (C=O) groups is 1. The van der Waals surface area contributed by atoms with E-state index in [0.29, 0.717) is 0 Å². The van der Waals surface area contributed by atoms with Crippen molar-refractivity contribution in [2.24, 2.45) is 0 Å². The maximum Gasteiger partial charge on any atom is 0.221 e. The number of nitrogens with one attached hydrogen (secondary N) is 2. The van der Waals surface area contributed by atoms with Gasteiger partial charge in [0.15, 0.2) is 0 Å². The van der Waals surface area contributed by atoms with Crippen LogP contribution in [0.25, 0.3) is 11.3 Å². The molecule has 1 unspecified atom stereocenters. The molecule has 2 aromatic rings. The number of hydrogen-bond donors (Lipinski definition) is 2. The molecule has 2 heterocycles. The van der Waals surface area contributed by atoms with E-state index in [1.807, 2.05) is 24.3 Å². The first kappa shape index (κ1) is 17.6. The van der Waals surface area contributed by atoms with Gasteiger partial charge in [-0.25, -0.2) is 0 Å². The van der Waals surface area contributed by atoms with Crippen LogP contribution in [0.3, 0.4) is 0 Å². The fourth-order valence-electron chi connectivity index (χ4n) is 3.10. The lowest BCUT2D eigenvalue weighted by Crippen LogP contribution is -2.41.